The fourth-order valence-corrected chi connectivity index (χ4v) is 5.77. The summed E-state index contributed by atoms with van der Waals surface area (Å²) in [6, 6.07) is 7.68. The van der Waals surface area contributed by atoms with Gasteiger partial charge in [-0.3, -0.25) is 14.3 Å². The Bertz CT molecular complexity index is 1260. The molecule has 3 rings (SSSR count). The number of benzene rings is 1. The van der Waals surface area contributed by atoms with Gasteiger partial charge in [-0.2, -0.15) is 0 Å². The Morgan fingerprint density at radius 1 is 1.16 bits per heavy atom. The van der Waals surface area contributed by atoms with Gasteiger partial charge in [0.05, 0.1) is 19.3 Å². The molecule has 2 amide bonds. The van der Waals surface area contributed by atoms with Gasteiger partial charge in [0.15, 0.2) is 0 Å². The van der Waals surface area contributed by atoms with Crippen molar-refractivity contribution in [1.82, 2.24) is 10.2 Å². The molecule has 2 aromatic rings. The Morgan fingerprint density at radius 3 is 2.45 bits per heavy atom. The average molecular weight is 566 g/mol. The number of anilines is 1. The second kappa shape index (κ2) is 12.2. The van der Waals surface area contributed by atoms with Crippen LogP contribution in [0.25, 0.3) is 0 Å². The number of sulfonamides is 1. The molecule has 0 saturated carbocycles. The molecule has 0 unspecified atom stereocenters. The van der Waals surface area contributed by atoms with Crippen LogP contribution in [0, 0.1) is 0 Å². The molecule has 0 aliphatic carbocycles. The van der Waals surface area contributed by atoms with E-state index in [1.54, 1.807) is 68.2 Å². The lowest BCUT2D eigenvalue weighted by atomic mass is 10.0. The van der Waals surface area contributed by atoms with Gasteiger partial charge >= 0.3 is 12.1 Å². The molecule has 1 aromatic carbocycles. The van der Waals surface area contributed by atoms with Gasteiger partial charge in [0.1, 0.15) is 11.6 Å². The standard InChI is InChI=1S/C26H35N3O7S2/c1-6-35-23(30)15-20-14-18-16-29(12-11-22(18)37-20)24(31)21(27-25(32)36-26(2,3)4)13-17-7-9-19(10-8-17)28-38(5,33)34/h7-10,14,21,28H,6,11-13,15-16H2,1-5H3,(H,27,32)/t21-/m0/s1. The summed E-state index contributed by atoms with van der Waals surface area (Å²) in [5, 5.41) is 2.72. The molecule has 2 N–H and O–H groups in total. The normalized spacial score (nSPS) is 14.3. The van der Waals surface area contributed by atoms with Crippen molar-refractivity contribution in [2.75, 3.05) is 24.1 Å². The predicted octanol–water partition coefficient (Wildman–Crippen LogP) is 3.25. The highest BCUT2D eigenvalue weighted by Gasteiger charge is 2.31. The van der Waals surface area contributed by atoms with E-state index in [0.29, 0.717) is 31.8 Å². The van der Waals surface area contributed by atoms with Crippen LogP contribution in [0.1, 0.15) is 48.6 Å². The minimum atomic E-state index is -3.42. The average Bonchev–Trinajstić information content (AvgIpc) is 3.18. The van der Waals surface area contributed by atoms with E-state index in [-0.39, 0.29) is 24.7 Å². The Hall–Kier alpha value is -3.12. The fourth-order valence-electron chi connectivity index (χ4n) is 4.05. The summed E-state index contributed by atoms with van der Waals surface area (Å²) >= 11 is 1.56. The van der Waals surface area contributed by atoms with Crippen LogP contribution in [0.15, 0.2) is 30.3 Å². The van der Waals surface area contributed by atoms with Gasteiger partial charge < -0.3 is 19.7 Å². The lowest BCUT2D eigenvalue weighted by Crippen LogP contribution is -2.51. The number of carbonyl (C=O) groups excluding carboxylic acids is 3. The molecular formula is C26H35N3O7S2. The van der Waals surface area contributed by atoms with Crippen LogP contribution in [0.2, 0.25) is 0 Å². The van der Waals surface area contributed by atoms with Crippen molar-refractivity contribution in [3.05, 3.63) is 51.2 Å². The second-order valence-corrected chi connectivity index (χ2v) is 13.1. The van der Waals surface area contributed by atoms with Crippen molar-refractivity contribution >= 4 is 45.0 Å². The first-order chi connectivity index (χ1) is 17.7. The zero-order valence-electron chi connectivity index (χ0n) is 22.3. The first-order valence-corrected chi connectivity index (χ1v) is 15.0. The topological polar surface area (TPSA) is 131 Å². The van der Waals surface area contributed by atoms with Gasteiger partial charge in [-0.05, 0) is 63.4 Å². The molecule has 1 aromatic heterocycles. The van der Waals surface area contributed by atoms with Gasteiger partial charge in [-0.1, -0.05) is 12.1 Å². The van der Waals surface area contributed by atoms with Crippen molar-refractivity contribution in [2.24, 2.45) is 0 Å². The van der Waals surface area contributed by atoms with Gasteiger partial charge in [-0.25, -0.2) is 13.2 Å². The number of nitrogens with zero attached hydrogens (tertiary/aromatic N) is 1. The number of hydrogen-bond donors (Lipinski definition) is 2. The van der Waals surface area contributed by atoms with E-state index in [2.05, 4.69) is 10.0 Å². The van der Waals surface area contributed by atoms with E-state index in [0.717, 1.165) is 27.1 Å². The lowest BCUT2D eigenvalue weighted by Gasteiger charge is -2.31. The number of thiophene rings is 1. The molecule has 2 heterocycles. The number of ether oxygens (including phenoxy) is 2. The molecule has 0 bridgehead atoms. The molecule has 1 atom stereocenters. The summed E-state index contributed by atoms with van der Waals surface area (Å²) in [5.74, 6) is -0.531. The van der Waals surface area contributed by atoms with Crippen LogP contribution >= 0.6 is 11.3 Å². The van der Waals surface area contributed by atoms with E-state index in [9.17, 15) is 22.8 Å². The number of rotatable bonds is 9. The minimum Gasteiger partial charge on any atom is -0.466 e. The maximum Gasteiger partial charge on any atom is 0.408 e. The molecule has 12 heteroatoms. The molecule has 10 nitrogen and oxygen atoms in total. The zero-order chi connectivity index (χ0) is 28.1. The highest BCUT2D eigenvalue weighted by atomic mass is 32.2. The third kappa shape index (κ3) is 9.02. The summed E-state index contributed by atoms with van der Waals surface area (Å²) < 4.78 is 35.8. The number of fused-ring (bicyclic) bond motifs is 1. The number of esters is 1. The molecule has 38 heavy (non-hydrogen) atoms. The van der Waals surface area contributed by atoms with E-state index in [1.807, 2.05) is 6.07 Å². The predicted molar refractivity (Wildman–Crippen MR) is 146 cm³/mol. The van der Waals surface area contributed by atoms with Crippen molar-refractivity contribution in [2.45, 2.75) is 65.1 Å². The highest BCUT2D eigenvalue weighted by molar-refractivity contribution is 7.92. The van der Waals surface area contributed by atoms with E-state index >= 15 is 0 Å². The van der Waals surface area contributed by atoms with Crippen LogP contribution in [0.4, 0.5) is 10.5 Å². The summed E-state index contributed by atoms with van der Waals surface area (Å²) in [5.41, 5.74) is 1.39. The quantitative estimate of drug-likeness (QED) is 0.446. The third-order valence-electron chi connectivity index (χ3n) is 5.54. The van der Waals surface area contributed by atoms with Gasteiger partial charge in [0.2, 0.25) is 15.9 Å². The first-order valence-electron chi connectivity index (χ1n) is 12.3. The Kier molecular flexibility index (Phi) is 9.42. The fraction of sp³-hybridized carbons (Fsp3) is 0.500. The van der Waals surface area contributed by atoms with Crippen molar-refractivity contribution < 1.29 is 32.3 Å². The van der Waals surface area contributed by atoms with Crippen LogP contribution in [0.5, 0.6) is 0 Å². The maximum atomic E-state index is 13.6. The summed E-state index contributed by atoms with van der Waals surface area (Å²) in [7, 11) is -3.42. The van der Waals surface area contributed by atoms with E-state index in [1.165, 1.54) is 0 Å². The van der Waals surface area contributed by atoms with Gasteiger partial charge in [0, 0.05) is 35.0 Å². The molecule has 1 aliphatic heterocycles. The zero-order valence-corrected chi connectivity index (χ0v) is 24.0. The minimum absolute atomic E-state index is 0.193. The SMILES string of the molecule is CCOC(=O)Cc1cc2c(s1)CCN(C(=O)[C@H](Cc1ccc(NS(C)(=O)=O)cc1)NC(=O)OC(C)(C)C)C2. The number of nitrogens with one attached hydrogen (secondary N) is 2. The van der Waals surface area contributed by atoms with Crippen molar-refractivity contribution in [3.8, 4) is 0 Å². The summed E-state index contributed by atoms with van der Waals surface area (Å²) in [6.45, 7) is 8.18. The van der Waals surface area contributed by atoms with Crippen LogP contribution in [0.3, 0.4) is 0 Å². The third-order valence-corrected chi connectivity index (χ3v) is 7.38. The van der Waals surface area contributed by atoms with Crippen molar-refractivity contribution in [1.29, 1.82) is 0 Å². The van der Waals surface area contributed by atoms with Crippen LogP contribution < -0.4 is 10.0 Å². The largest absolute Gasteiger partial charge is 0.466 e. The van der Waals surface area contributed by atoms with E-state index in [4.69, 9.17) is 9.47 Å². The van der Waals surface area contributed by atoms with Gasteiger partial charge in [-0.15, -0.1) is 11.3 Å². The van der Waals surface area contributed by atoms with Gasteiger partial charge in [0.25, 0.3) is 0 Å². The Labute approximate surface area is 227 Å². The molecule has 0 saturated heterocycles. The molecule has 1 aliphatic rings. The molecule has 208 valence electrons. The highest BCUT2D eigenvalue weighted by Crippen LogP contribution is 2.29. The Balaban J connectivity index is 1.75. The summed E-state index contributed by atoms with van der Waals surface area (Å²) in [6.07, 6.45) is 1.42. The number of carbonyl (C=O) groups is 3. The summed E-state index contributed by atoms with van der Waals surface area (Å²) in [4.78, 5) is 41.8. The number of alkyl carbamates (subject to hydrolysis) is 1. The van der Waals surface area contributed by atoms with Crippen LogP contribution in [-0.4, -0.2) is 62.3 Å². The second-order valence-electron chi connectivity index (χ2n) is 10.1. The number of amides is 2. The van der Waals surface area contributed by atoms with Crippen LogP contribution in [-0.2, 0) is 54.9 Å². The smallest absolute Gasteiger partial charge is 0.408 e. The monoisotopic (exact) mass is 565 g/mol. The molecule has 0 fully saturated rings. The maximum absolute atomic E-state index is 13.6. The Morgan fingerprint density at radius 2 is 1.84 bits per heavy atom. The molecule has 0 spiro atoms. The molecule has 0 radical (unpaired) electrons. The number of hydrogen-bond acceptors (Lipinski definition) is 8. The first kappa shape index (κ1) is 29.4. The molecular weight excluding hydrogens is 530 g/mol. The van der Waals surface area contributed by atoms with E-state index < -0.39 is 27.8 Å². The van der Waals surface area contributed by atoms with Crippen molar-refractivity contribution in [3.63, 3.8) is 0 Å². The lowest BCUT2D eigenvalue weighted by molar-refractivity contribution is -0.142.